The van der Waals surface area contributed by atoms with Crippen LogP contribution in [0.4, 0.5) is 0 Å². The second-order valence-corrected chi connectivity index (χ2v) is 4.74. The molecular formula is C12H18O3. The summed E-state index contributed by atoms with van der Waals surface area (Å²) in [6.45, 7) is 1.86. The maximum Gasteiger partial charge on any atom is 0.154 e. The highest BCUT2D eigenvalue weighted by atomic mass is 16.6. The molecule has 0 aromatic rings. The van der Waals surface area contributed by atoms with Crippen LogP contribution in [0.1, 0.15) is 39.0 Å². The summed E-state index contributed by atoms with van der Waals surface area (Å²) in [7, 11) is 0. The molecule has 0 aromatic heterocycles. The van der Waals surface area contributed by atoms with E-state index < -0.39 is 11.2 Å². The molecule has 0 aromatic carbocycles. The molecule has 1 saturated heterocycles. The van der Waals surface area contributed by atoms with Gasteiger partial charge >= 0.3 is 0 Å². The molecule has 2 rings (SSSR count). The van der Waals surface area contributed by atoms with Crippen LogP contribution in [0.15, 0.2) is 0 Å². The topological polar surface area (TPSA) is 53.0 Å². The van der Waals surface area contributed by atoms with E-state index in [4.69, 9.17) is 9.84 Å². The van der Waals surface area contributed by atoms with E-state index in [0.717, 1.165) is 25.7 Å². The van der Waals surface area contributed by atoms with Gasteiger partial charge < -0.3 is 14.9 Å². The lowest BCUT2D eigenvalue weighted by Gasteiger charge is -2.26. The highest BCUT2D eigenvalue weighted by Gasteiger charge is 2.51. The van der Waals surface area contributed by atoms with Crippen LogP contribution in [0.25, 0.3) is 0 Å². The van der Waals surface area contributed by atoms with Crippen molar-refractivity contribution in [2.24, 2.45) is 0 Å². The minimum Gasteiger partial charge on any atom is -0.394 e. The zero-order valence-electron chi connectivity index (χ0n) is 9.12. The lowest BCUT2D eigenvalue weighted by atomic mass is 9.85. The van der Waals surface area contributed by atoms with Crippen molar-refractivity contribution in [1.82, 2.24) is 0 Å². The van der Waals surface area contributed by atoms with Crippen LogP contribution in [-0.2, 0) is 4.74 Å². The van der Waals surface area contributed by atoms with Gasteiger partial charge in [0.1, 0.15) is 11.7 Å². The van der Waals surface area contributed by atoms with Crippen molar-refractivity contribution in [1.29, 1.82) is 0 Å². The fraction of sp³-hybridized carbons (Fsp3) is 0.833. The van der Waals surface area contributed by atoms with Gasteiger partial charge in [0, 0.05) is 0 Å². The minimum absolute atomic E-state index is 0.00358. The Morgan fingerprint density at radius 3 is 2.47 bits per heavy atom. The highest BCUT2D eigenvalue weighted by Crippen LogP contribution is 2.35. The number of ether oxygens (including phenoxy) is 1. The van der Waals surface area contributed by atoms with Gasteiger partial charge in [-0.25, -0.2) is 0 Å². The number of hydrogen-bond donors (Lipinski definition) is 2. The fourth-order valence-electron chi connectivity index (χ4n) is 2.09. The molecule has 2 N–H and O–H groups in total. The first-order valence-corrected chi connectivity index (χ1v) is 5.63. The Balaban J connectivity index is 1.99. The third-order valence-electron chi connectivity index (χ3n) is 3.33. The van der Waals surface area contributed by atoms with Crippen molar-refractivity contribution in [3.63, 3.8) is 0 Å². The molecule has 84 valence electrons. The van der Waals surface area contributed by atoms with Crippen molar-refractivity contribution < 1.29 is 14.9 Å². The molecule has 0 bridgehead atoms. The van der Waals surface area contributed by atoms with Crippen LogP contribution in [0.5, 0.6) is 0 Å². The summed E-state index contributed by atoms with van der Waals surface area (Å²) in [6.07, 6.45) is 4.65. The molecule has 3 nitrogen and oxygen atoms in total. The largest absolute Gasteiger partial charge is 0.394 e. The molecule has 0 unspecified atom stereocenters. The van der Waals surface area contributed by atoms with Gasteiger partial charge in [-0.2, -0.15) is 0 Å². The summed E-state index contributed by atoms with van der Waals surface area (Å²) >= 11 is 0. The van der Waals surface area contributed by atoms with E-state index in [9.17, 15) is 5.11 Å². The van der Waals surface area contributed by atoms with E-state index in [2.05, 4.69) is 11.8 Å². The average Bonchev–Trinajstić information content (AvgIpc) is 2.89. The SMILES string of the molecule is C[C@]1(C#CC2(O)CCCCC2)O[C@H]1CO. The monoisotopic (exact) mass is 210 g/mol. The smallest absolute Gasteiger partial charge is 0.154 e. The van der Waals surface area contributed by atoms with Crippen molar-refractivity contribution in [3.05, 3.63) is 0 Å². The Kier molecular flexibility index (Phi) is 2.76. The Hall–Kier alpha value is -0.560. The molecule has 0 radical (unpaired) electrons. The van der Waals surface area contributed by atoms with Gasteiger partial charge in [0.2, 0.25) is 0 Å². The average molecular weight is 210 g/mol. The van der Waals surface area contributed by atoms with Gasteiger partial charge in [0.15, 0.2) is 5.60 Å². The first-order valence-electron chi connectivity index (χ1n) is 5.63. The molecule has 1 heterocycles. The highest BCUT2D eigenvalue weighted by molar-refractivity contribution is 5.28. The molecule has 2 atom stereocenters. The molecule has 2 fully saturated rings. The normalized spacial score (nSPS) is 37.9. The van der Waals surface area contributed by atoms with Crippen molar-refractivity contribution >= 4 is 0 Å². The van der Waals surface area contributed by atoms with Crippen LogP contribution in [0.2, 0.25) is 0 Å². The predicted octanol–water partition coefficient (Wildman–Crippen LogP) is 0.835. The predicted molar refractivity (Wildman–Crippen MR) is 56.2 cm³/mol. The molecule has 15 heavy (non-hydrogen) atoms. The number of rotatable bonds is 1. The Labute approximate surface area is 90.4 Å². The Morgan fingerprint density at radius 1 is 1.27 bits per heavy atom. The quantitative estimate of drug-likeness (QED) is 0.498. The van der Waals surface area contributed by atoms with Gasteiger partial charge in [0.05, 0.1) is 6.61 Å². The molecule has 3 heteroatoms. The molecule has 1 saturated carbocycles. The number of aliphatic hydroxyl groups is 2. The summed E-state index contributed by atoms with van der Waals surface area (Å²) in [4.78, 5) is 0. The van der Waals surface area contributed by atoms with E-state index in [1.807, 2.05) is 6.92 Å². The summed E-state index contributed by atoms with van der Waals surface area (Å²) < 4.78 is 5.25. The zero-order chi connectivity index (χ0) is 10.9. The molecule has 0 amide bonds. The van der Waals surface area contributed by atoms with E-state index in [1.165, 1.54) is 6.42 Å². The lowest BCUT2D eigenvalue weighted by Crippen LogP contribution is -2.29. The molecule has 0 spiro atoms. The summed E-state index contributed by atoms with van der Waals surface area (Å²) in [6, 6.07) is 0. The van der Waals surface area contributed by atoms with Crippen molar-refractivity contribution in [3.8, 4) is 11.8 Å². The van der Waals surface area contributed by atoms with Gasteiger partial charge in [-0.1, -0.05) is 18.3 Å². The summed E-state index contributed by atoms with van der Waals surface area (Å²) in [5.41, 5.74) is -1.34. The Morgan fingerprint density at radius 2 is 1.93 bits per heavy atom. The van der Waals surface area contributed by atoms with Crippen molar-refractivity contribution in [2.75, 3.05) is 6.61 Å². The van der Waals surface area contributed by atoms with Gasteiger partial charge in [-0.3, -0.25) is 0 Å². The third-order valence-corrected chi connectivity index (χ3v) is 3.33. The number of hydrogen-bond acceptors (Lipinski definition) is 3. The van der Waals surface area contributed by atoms with Gasteiger partial charge in [-0.05, 0) is 32.6 Å². The number of epoxide rings is 1. The minimum atomic E-state index is -0.812. The zero-order valence-corrected chi connectivity index (χ0v) is 9.12. The molecule has 2 aliphatic rings. The van der Waals surface area contributed by atoms with E-state index in [1.54, 1.807) is 0 Å². The maximum absolute atomic E-state index is 10.1. The lowest BCUT2D eigenvalue weighted by molar-refractivity contribution is 0.0607. The van der Waals surface area contributed by atoms with E-state index >= 15 is 0 Å². The fourth-order valence-corrected chi connectivity index (χ4v) is 2.09. The van der Waals surface area contributed by atoms with E-state index in [-0.39, 0.29) is 12.7 Å². The second kappa shape index (κ2) is 3.79. The second-order valence-electron chi connectivity index (χ2n) is 4.74. The first kappa shape index (κ1) is 10.9. The molecular weight excluding hydrogens is 192 g/mol. The van der Waals surface area contributed by atoms with Crippen molar-refractivity contribution in [2.45, 2.75) is 56.3 Å². The summed E-state index contributed by atoms with van der Waals surface area (Å²) in [5, 5.41) is 19.0. The van der Waals surface area contributed by atoms with Gasteiger partial charge in [-0.15, -0.1) is 0 Å². The van der Waals surface area contributed by atoms with E-state index in [0.29, 0.717) is 0 Å². The molecule has 1 aliphatic carbocycles. The Bertz CT molecular complexity index is 296. The van der Waals surface area contributed by atoms with Gasteiger partial charge in [0.25, 0.3) is 0 Å². The number of aliphatic hydroxyl groups excluding tert-OH is 1. The summed E-state index contributed by atoms with van der Waals surface area (Å²) in [5.74, 6) is 5.90. The van der Waals surface area contributed by atoms with Crippen LogP contribution in [0.3, 0.4) is 0 Å². The standard InChI is InChI=1S/C12H18O3/c1-11(10(9-13)15-11)7-8-12(14)5-3-2-4-6-12/h10,13-14H,2-6,9H2,1H3/t10-,11+/m0/s1. The van der Waals surface area contributed by atoms with Crippen LogP contribution in [-0.4, -0.2) is 34.1 Å². The van der Waals surface area contributed by atoms with Crippen LogP contribution in [0, 0.1) is 11.8 Å². The molecule has 1 aliphatic heterocycles. The third kappa shape index (κ3) is 2.34. The maximum atomic E-state index is 10.1. The van der Waals surface area contributed by atoms with Crippen LogP contribution < -0.4 is 0 Å². The first-order chi connectivity index (χ1) is 7.08. The van der Waals surface area contributed by atoms with Crippen LogP contribution >= 0.6 is 0 Å².